The van der Waals surface area contributed by atoms with Gasteiger partial charge in [-0.2, -0.15) is 0 Å². The van der Waals surface area contributed by atoms with Gasteiger partial charge in [-0.05, 0) is 43.9 Å². The van der Waals surface area contributed by atoms with Gasteiger partial charge in [0, 0.05) is 11.1 Å². The van der Waals surface area contributed by atoms with Crippen LogP contribution in [0.2, 0.25) is 5.02 Å². The molecule has 1 aliphatic carbocycles. The predicted octanol–water partition coefficient (Wildman–Crippen LogP) is 3.24. The first kappa shape index (κ1) is 9.97. The standard InChI is InChI=1S/C12H14ClN3/c1-7(8-2-3-8)16-11-6-9(13)4-5-10(11)15-12(16)14/h4-8H,2-3H2,1H3,(H2,14,15). The van der Waals surface area contributed by atoms with E-state index in [0.717, 1.165) is 22.0 Å². The van der Waals surface area contributed by atoms with E-state index in [1.165, 1.54) is 12.8 Å². The first-order valence-electron chi connectivity index (χ1n) is 5.60. The van der Waals surface area contributed by atoms with Crippen LogP contribution < -0.4 is 5.73 Å². The summed E-state index contributed by atoms with van der Waals surface area (Å²) in [6.45, 7) is 2.20. The molecule has 3 nitrogen and oxygen atoms in total. The number of rotatable bonds is 2. The minimum atomic E-state index is 0.420. The molecule has 16 heavy (non-hydrogen) atoms. The van der Waals surface area contributed by atoms with Crippen molar-refractivity contribution < 1.29 is 0 Å². The average molecular weight is 236 g/mol. The van der Waals surface area contributed by atoms with Crippen molar-refractivity contribution in [2.24, 2.45) is 5.92 Å². The number of hydrogen-bond donors (Lipinski definition) is 1. The van der Waals surface area contributed by atoms with Gasteiger partial charge >= 0.3 is 0 Å². The normalized spacial score (nSPS) is 17.9. The molecule has 4 heteroatoms. The zero-order chi connectivity index (χ0) is 11.3. The maximum atomic E-state index is 6.02. The molecule has 0 amide bonds. The lowest BCUT2D eigenvalue weighted by molar-refractivity contribution is 0.504. The summed E-state index contributed by atoms with van der Waals surface area (Å²) >= 11 is 6.02. The first-order chi connectivity index (χ1) is 7.66. The van der Waals surface area contributed by atoms with Gasteiger partial charge in [-0.25, -0.2) is 4.98 Å². The van der Waals surface area contributed by atoms with Crippen LogP contribution in [0.4, 0.5) is 5.95 Å². The smallest absolute Gasteiger partial charge is 0.201 e. The zero-order valence-corrected chi connectivity index (χ0v) is 9.91. The molecule has 0 radical (unpaired) electrons. The van der Waals surface area contributed by atoms with E-state index in [2.05, 4.69) is 16.5 Å². The van der Waals surface area contributed by atoms with Crippen LogP contribution in [0.3, 0.4) is 0 Å². The van der Waals surface area contributed by atoms with Crippen molar-refractivity contribution in [3.63, 3.8) is 0 Å². The van der Waals surface area contributed by atoms with Crippen molar-refractivity contribution in [2.45, 2.75) is 25.8 Å². The number of halogens is 1. The van der Waals surface area contributed by atoms with Gasteiger partial charge in [0.1, 0.15) is 0 Å². The minimum absolute atomic E-state index is 0.420. The maximum Gasteiger partial charge on any atom is 0.201 e. The van der Waals surface area contributed by atoms with Gasteiger partial charge in [-0.15, -0.1) is 0 Å². The van der Waals surface area contributed by atoms with Crippen LogP contribution in [0.25, 0.3) is 11.0 Å². The van der Waals surface area contributed by atoms with Gasteiger partial charge in [0.05, 0.1) is 11.0 Å². The van der Waals surface area contributed by atoms with Crippen molar-refractivity contribution in [2.75, 3.05) is 5.73 Å². The Bertz CT molecular complexity index is 542. The van der Waals surface area contributed by atoms with Gasteiger partial charge < -0.3 is 10.3 Å². The highest BCUT2D eigenvalue weighted by molar-refractivity contribution is 6.31. The van der Waals surface area contributed by atoms with Gasteiger partial charge in [-0.3, -0.25) is 0 Å². The van der Waals surface area contributed by atoms with Crippen LogP contribution in [0.15, 0.2) is 18.2 Å². The van der Waals surface area contributed by atoms with E-state index in [1.807, 2.05) is 18.2 Å². The van der Waals surface area contributed by atoms with Gasteiger partial charge in [0.2, 0.25) is 5.95 Å². The highest BCUT2D eigenvalue weighted by atomic mass is 35.5. The second-order valence-corrected chi connectivity index (χ2v) is 4.99. The predicted molar refractivity (Wildman–Crippen MR) is 66.6 cm³/mol. The lowest BCUT2D eigenvalue weighted by Crippen LogP contribution is -2.10. The van der Waals surface area contributed by atoms with E-state index in [1.54, 1.807) is 0 Å². The van der Waals surface area contributed by atoms with E-state index in [-0.39, 0.29) is 0 Å². The van der Waals surface area contributed by atoms with Crippen LogP contribution >= 0.6 is 11.6 Å². The van der Waals surface area contributed by atoms with Gasteiger partial charge in [0.25, 0.3) is 0 Å². The Morgan fingerprint density at radius 1 is 1.50 bits per heavy atom. The largest absolute Gasteiger partial charge is 0.369 e. The van der Waals surface area contributed by atoms with Crippen LogP contribution in [0, 0.1) is 5.92 Å². The quantitative estimate of drug-likeness (QED) is 0.869. The Morgan fingerprint density at radius 3 is 2.94 bits per heavy atom. The number of benzene rings is 1. The summed E-state index contributed by atoms with van der Waals surface area (Å²) in [4.78, 5) is 4.37. The number of nitrogen functional groups attached to an aromatic ring is 1. The number of hydrogen-bond acceptors (Lipinski definition) is 2. The second kappa shape index (κ2) is 3.39. The molecule has 1 fully saturated rings. The van der Waals surface area contributed by atoms with E-state index in [0.29, 0.717) is 12.0 Å². The molecule has 1 saturated carbocycles. The second-order valence-electron chi connectivity index (χ2n) is 4.55. The lowest BCUT2D eigenvalue weighted by atomic mass is 10.2. The number of nitrogens with two attached hydrogens (primary N) is 1. The fraction of sp³-hybridized carbons (Fsp3) is 0.417. The fourth-order valence-corrected chi connectivity index (χ4v) is 2.47. The average Bonchev–Trinajstić information content (AvgIpc) is 3.01. The maximum absolute atomic E-state index is 6.02. The summed E-state index contributed by atoms with van der Waals surface area (Å²) in [7, 11) is 0. The minimum Gasteiger partial charge on any atom is -0.369 e. The zero-order valence-electron chi connectivity index (χ0n) is 9.15. The van der Waals surface area contributed by atoms with E-state index < -0.39 is 0 Å². The van der Waals surface area contributed by atoms with Gasteiger partial charge in [-0.1, -0.05) is 11.6 Å². The third kappa shape index (κ3) is 1.47. The molecule has 1 aliphatic rings. The number of nitrogens with zero attached hydrogens (tertiary/aromatic N) is 2. The topological polar surface area (TPSA) is 43.8 Å². The molecule has 1 aromatic heterocycles. The molecule has 2 aromatic rings. The summed E-state index contributed by atoms with van der Waals surface area (Å²) in [5, 5.41) is 0.733. The number of imidazole rings is 1. The van der Waals surface area contributed by atoms with Crippen molar-refractivity contribution in [3.05, 3.63) is 23.2 Å². The Morgan fingerprint density at radius 2 is 2.25 bits per heavy atom. The lowest BCUT2D eigenvalue weighted by Gasteiger charge is -2.14. The molecule has 3 rings (SSSR count). The van der Waals surface area contributed by atoms with Crippen molar-refractivity contribution in [1.29, 1.82) is 0 Å². The monoisotopic (exact) mass is 235 g/mol. The number of aromatic nitrogens is 2. The Kier molecular flexibility index (Phi) is 2.11. The van der Waals surface area contributed by atoms with Crippen LogP contribution in [0.1, 0.15) is 25.8 Å². The number of anilines is 1. The molecule has 0 bridgehead atoms. The SMILES string of the molecule is CC(C1CC1)n1c(N)nc2ccc(Cl)cc21. The Hall–Kier alpha value is -1.22. The third-order valence-corrected chi connectivity index (χ3v) is 3.63. The van der Waals surface area contributed by atoms with Crippen molar-refractivity contribution in [3.8, 4) is 0 Å². The molecule has 1 aromatic carbocycles. The first-order valence-corrected chi connectivity index (χ1v) is 5.97. The molecule has 0 aliphatic heterocycles. The summed E-state index contributed by atoms with van der Waals surface area (Å²) in [6.07, 6.45) is 2.59. The fourth-order valence-electron chi connectivity index (χ4n) is 2.30. The molecule has 1 unspecified atom stereocenters. The summed E-state index contributed by atoms with van der Waals surface area (Å²) in [5.74, 6) is 1.34. The van der Waals surface area contributed by atoms with Crippen LogP contribution in [-0.4, -0.2) is 9.55 Å². The van der Waals surface area contributed by atoms with Crippen molar-refractivity contribution >= 4 is 28.6 Å². The highest BCUT2D eigenvalue weighted by Crippen LogP contribution is 2.41. The Labute approximate surface area is 99.2 Å². The van der Waals surface area contributed by atoms with Gasteiger partial charge in [0.15, 0.2) is 0 Å². The molecule has 1 atom stereocenters. The van der Waals surface area contributed by atoms with Crippen LogP contribution in [-0.2, 0) is 0 Å². The molecule has 0 saturated heterocycles. The third-order valence-electron chi connectivity index (χ3n) is 3.39. The van der Waals surface area contributed by atoms with Crippen LogP contribution in [0.5, 0.6) is 0 Å². The molecule has 2 N–H and O–H groups in total. The summed E-state index contributed by atoms with van der Waals surface area (Å²) in [5.41, 5.74) is 7.95. The molecule has 84 valence electrons. The number of fused-ring (bicyclic) bond motifs is 1. The van der Waals surface area contributed by atoms with E-state index >= 15 is 0 Å². The van der Waals surface area contributed by atoms with Crippen molar-refractivity contribution in [1.82, 2.24) is 9.55 Å². The Balaban J connectivity index is 2.20. The molecule has 0 spiro atoms. The molecular weight excluding hydrogens is 222 g/mol. The highest BCUT2D eigenvalue weighted by Gasteiger charge is 2.31. The summed E-state index contributed by atoms with van der Waals surface area (Å²) < 4.78 is 2.11. The summed E-state index contributed by atoms with van der Waals surface area (Å²) in [6, 6.07) is 6.13. The van der Waals surface area contributed by atoms with E-state index in [9.17, 15) is 0 Å². The molecular formula is C12H14ClN3. The van der Waals surface area contributed by atoms with E-state index in [4.69, 9.17) is 17.3 Å². The molecule has 1 heterocycles.